The summed E-state index contributed by atoms with van der Waals surface area (Å²) >= 11 is 0.886. The second-order valence-electron chi connectivity index (χ2n) is 6.90. The van der Waals surface area contributed by atoms with Gasteiger partial charge >= 0.3 is 0 Å². The summed E-state index contributed by atoms with van der Waals surface area (Å²) in [6.07, 6.45) is 4.04. The summed E-state index contributed by atoms with van der Waals surface area (Å²) in [6, 6.07) is 12.8. The van der Waals surface area contributed by atoms with E-state index in [9.17, 15) is 14.9 Å². The molecule has 1 fully saturated rings. The molecule has 0 saturated carbocycles. The van der Waals surface area contributed by atoms with Gasteiger partial charge in [-0.2, -0.15) is 5.26 Å². The Morgan fingerprint density at radius 3 is 2.56 bits per heavy atom. The number of thioether (sulfide) groups is 1. The number of imide groups is 1. The van der Waals surface area contributed by atoms with E-state index in [4.69, 9.17) is 9.47 Å². The van der Waals surface area contributed by atoms with Gasteiger partial charge in [-0.25, -0.2) is 0 Å². The second-order valence-corrected chi connectivity index (χ2v) is 7.90. The van der Waals surface area contributed by atoms with E-state index in [1.807, 2.05) is 19.9 Å². The fourth-order valence-electron chi connectivity index (χ4n) is 3.37. The molecule has 6 nitrogen and oxygen atoms in total. The van der Waals surface area contributed by atoms with E-state index in [-0.39, 0.29) is 17.7 Å². The third kappa shape index (κ3) is 5.04. The van der Waals surface area contributed by atoms with E-state index in [1.54, 1.807) is 42.5 Å². The van der Waals surface area contributed by atoms with Crippen LogP contribution in [0.5, 0.6) is 11.5 Å². The standard InChI is InChI=1S/C25H24N2O4S/c1-4-9-18-12-17(13-21(30-5-2)23(18)31-6-3)14-22-24(28)27(25(29)32-22)16-20-11-8-7-10-19(20)15-26/h4,7-8,10-14H,1,5-6,9,16H2,2-3H3/b22-14+. The van der Waals surface area contributed by atoms with Gasteiger partial charge in [-0.05, 0) is 67.4 Å². The Morgan fingerprint density at radius 1 is 1.12 bits per heavy atom. The van der Waals surface area contributed by atoms with Crippen molar-refractivity contribution in [1.29, 1.82) is 5.26 Å². The minimum absolute atomic E-state index is 0.0565. The van der Waals surface area contributed by atoms with Crippen LogP contribution >= 0.6 is 11.8 Å². The van der Waals surface area contributed by atoms with Gasteiger partial charge in [0, 0.05) is 5.56 Å². The molecular weight excluding hydrogens is 424 g/mol. The molecule has 0 aromatic heterocycles. The van der Waals surface area contributed by atoms with Gasteiger partial charge in [0.2, 0.25) is 0 Å². The molecule has 2 aromatic rings. The molecule has 3 rings (SSSR count). The van der Waals surface area contributed by atoms with E-state index in [0.29, 0.717) is 47.2 Å². The van der Waals surface area contributed by atoms with Crippen LogP contribution in [0.3, 0.4) is 0 Å². The van der Waals surface area contributed by atoms with Crippen molar-refractivity contribution in [2.75, 3.05) is 13.2 Å². The molecule has 164 valence electrons. The van der Waals surface area contributed by atoms with Crippen molar-refractivity contribution in [3.05, 3.63) is 76.2 Å². The van der Waals surface area contributed by atoms with Gasteiger partial charge in [0.1, 0.15) is 0 Å². The number of nitrogens with zero attached hydrogens (tertiary/aromatic N) is 2. The number of hydrogen-bond donors (Lipinski definition) is 0. The summed E-state index contributed by atoms with van der Waals surface area (Å²) in [7, 11) is 0. The molecule has 32 heavy (non-hydrogen) atoms. The van der Waals surface area contributed by atoms with Crippen molar-refractivity contribution in [3.63, 3.8) is 0 Å². The number of ether oxygens (including phenoxy) is 2. The van der Waals surface area contributed by atoms with E-state index >= 15 is 0 Å². The number of allylic oxidation sites excluding steroid dienone is 1. The van der Waals surface area contributed by atoms with Crippen molar-refractivity contribution in [2.24, 2.45) is 0 Å². The highest BCUT2D eigenvalue weighted by Crippen LogP contribution is 2.37. The first-order chi connectivity index (χ1) is 15.5. The Bertz CT molecular complexity index is 1120. The first-order valence-corrected chi connectivity index (χ1v) is 11.1. The molecule has 2 amide bonds. The monoisotopic (exact) mass is 448 g/mol. The number of hydrogen-bond acceptors (Lipinski definition) is 6. The fourth-order valence-corrected chi connectivity index (χ4v) is 4.21. The Hall–Kier alpha value is -3.50. The predicted molar refractivity (Wildman–Crippen MR) is 125 cm³/mol. The molecular formula is C25H24N2O4S. The maximum absolute atomic E-state index is 13.0. The van der Waals surface area contributed by atoms with Crippen molar-refractivity contribution < 1.29 is 19.1 Å². The highest BCUT2D eigenvalue weighted by molar-refractivity contribution is 8.18. The Labute approximate surface area is 192 Å². The van der Waals surface area contributed by atoms with Crippen LogP contribution in [0.2, 0.25) is 0 Å². The minimum atomic E-state index is -0.384. The second kappa shape index (κ2) is 10.7. The van der Waals surface area contributed by atoms with Crippen LogP contribution in [-0.4, -0.2) is 29.3 Å². The van der Waals surface area contributed by atoms with E-state index in [2.05, 4.69) is 12.6 Å². The van der Waals surface area contributed by atoms with Crippen molar-refractivity contribution >= 4 is 29.0 Å². The summed E-state index contributed by atoms with van der Waals surface area (Å²) in [5, 5.41) is 8.92. The number of nitriles is 1. The van der Waals surface area contributed by atoms with Gasteiger partial charge in [0.25, 0.3) is 11.1 Å². The lowest BCUT2D eigenvalue weighted by Crippen LogP contribution is -2.27. The molecule has 0 radical (unpaired) electrons. The zero-order valence-corrected chi connectivity index (χ0v) is 18.9. The maximum Gasteiger partial charge on any atom is 0.293 e. The number of benzene rings is 2. The lowest BCUT2D eigenvalue weighted by molar-refractivity contribution is -0.123. The fraction of sp³-hybridized carbons (Fsp3) is 0.240. The summed E-state index contributed by atoms with van der Waals surface area (Å²) < 4.78 is 11.6. The minimum Gasteiger partial charge on any atom is -0.490 e. The maximum atomic E-state index is 13.0. The lowest BCUT2D eigenvalue weighted by atomic mass is 10.0. The normalized spacial score (nSPS) is 14.5. The average Bonchev–Trinajstić information content (AvgIpc) is 3.04. The zero-order chi connectivity index (χ0) is 23.1. The topological polar surface area (TPSA) is 79.6 Å². The molecule has 2 aromatic carbocycles. The first kappa shape index (κ1) is 23.2. The SMILES string of the molecule is C=CCc1cc(/C=C2/SC(=O)N(Cc3ccccc3C#N)C2=O)cc(OCC)c1OCC. The first-order valence-electron chi connectivity index (χ1n) is 10.3. The van der Waals surface area contributed by atoms with Gasteiger partial charge in [-0.3, -0.25) is 14.5 Å². The van der Waals surface area contributed by atoms with Gasteiger partial charge in [0.05, 0.1) is 36.3 Å². The molecule has 0 aliphatic carbocycles. The molecule has 1 heterocycles. The van der Waals surface area contributed by atoms with Crippen molar-refractivity contribution in [2.45, 2.75) is 26.8 Å². The van der Waals surface area contributed by atoms with Crippen LogP contribution < -0.4 is 9.47 Å². The third-order valence-corrected chi connectivity index (χ3v) is 5.65. The zero-order valence-electron chi connectivity index (χ0n) is 18.1. The van der Waals surface area contributed by atoms with Crippen LogP contribution in [0.1, 0.15) is 36.1 Å². The lowest BCUT2D eigenvalue weighted by Gasteiger charge is -2.16. The molecule has 7 heteroatoms. The van der Waals surface area contributed by atoms with Gasteiger partial charge in [-0.1, -0.05) is 24.3 Å². The van der Waals surface area contributed by atoms with Crippen molar-refractivity contribution in [3.8, 4) is 17.6 Å². The van der Waals surface area contributed by atoms with E-state index in [0.717, 1.165) is 27.8 Å². The highest BCUT2D eigenvalue weighted by atomic mass is 32.2. The number of amides is 2. The molecule has 0 unspecified atom stereocenters. The Balaban J connectivity index is 1.94. The third-order valence-electron chi connectivity index (χ3n) is 4.74. The highest BCUT2D eigenvalue weighted by Gasteiger charge is 2.35. The van der Waals surface area contributed by atoms with Crippen LogP contribution in [-0.2, 0) is 17.8 Å². The summed E-state index contributed by atoms with van der Waals surface area (Å²) in [5.74, 6) is 0.861. The van der Waals surface area contributed by atoms with Gasteiger partial charge < -0.3 is 9.47 Å². The molecule has 1 saturated heterocycles. The molecule has 1 aliphatic heterocycles. The van der Waals surface area contributed by atoms with Crippen LogP contribution in [0.4, 0.5) is 4.79 Å². The Morgan fingerprint density at radius 2 is 1.88 bits per heavy atom. The summed E-state index contributed by atoms with van der Waals surface area (Å²) in [5.41, 5.74) is 2.70. The molecule has 1 aliphatic rings. The van der Waals surface area contributed by atoms with Gasteiger partial charge in [-0.15, -0.1) is 6.58 Å². The van der Waals surface area contributed by atoms with Crippen LogP contribution in [0, 0.1) is 11.3 Å². The smallest absolute Gasteiger partial charge is 0.293 e. The Kier molecular flexibility index (Phi) is 7.74. The van der Waals surface area contributed by atoms with E-state index < -0.39 is 0 Å². The number of carbonyl (C=O) groups excluding carboxylic acids is 2. The van der Waals surface area contributed by atoms with Gasteiger partial charge in [0.15, 0.2) is 11.5 Å². The number of carbonyl (C=O) groups is 2. The van der Waals surface area contributed by atoms with E-state index in [1.165, 1.54) is 0 Å². The summed E-state index contributed by atoms with van der Waals surface area (Å²) in [4.78, 5) is 27.0. The summed E-state index contributed by atoms with van der Waals surface area (Å²) in [6.45, 7) is 8.61. The van der Waals surface area contributed by atoms with Crippen LogP contribution in [0.25, 0.3) is 6.08 Å². The predicted octanol–water partition coefficient (Wildman–Crippen LogP) is 5.32. The molecule has 0 spiro atoms. The van der Waals surface area contributed by atoms with Crippen LogP contribution in [0.15, 0.2) is 54.0 Å². The molecule has 0 N–H and O–H groups in total. The quantitative estimate of drug-likeness (QED) is 0.381. The largest absolute Gasteiger partial charge is 0.490 e. The average molecular weight is 449 g/mol. The number of rotatable bonds is 9. The van der Waals surface area contributed by atoms with Crippen molar-refractivity contribution in [1.82, 2.24) is 4.90 Å². The molecule has 0 bridgehead atoms. The molecule has 0 atom stereocenters.